The second kappa shape index (κ2) is 7.60. The van der Waals surface area contributed by atoms with Gasteiger partial charge in [-0.2, -0.15) is 0 Å². The van der Waals surface area contributed by atoms with Gasteiger partial charge in [0.15, 0.2) is 0 Å². The summed E-state index contributed by atoms with van der Waals surface area (Å²) in [5.41, 5.74) is 2.31. The average Bonchev–Trinajstić information content (AvgIpc) is 3.04. The highest BCUT2D eigenvalue weighted by molar-refractivity contribution is 7.89. The lowest BCUT2D eigenvalue weighted by atomic mass is 10.1. The number of carbonyl (C=O) groups excluding carboxylic acids is 1. The maximum atomic E-state index is 12.7. The molecule has 0 radical (unpaired) electrons. The first-order valence-electron chi connectivity index (χ1n) is 8.94. The molecule has 138 valence electrons. The number of amides is 1. The minimum Gasteiger partial charge on any atom is -0.308 e. The molecule has 1 N–H and O–H groups in total. The van der Waals surface area contributed by atoms with E-state index in [1.807, 2.05) is 32.0 Å². The van der Waals surface area contributed by atoms with E-state index in [4.69, 9.17) is 0 Å². The zero-order valence-corrected chi connectivity index (χ0v) is 15.9. The van der Waals surface area contributed by atoms with Crippen LogP contribution in [0.1, 0.15) is 42.6 Å². The molecule has 0 bridgehead atoms. The number of benzene rings is 2. The monoisotopic (exact) mass is 372 g/mol. The van der Waals surface area contributed by atoms with Gasteiger partial charge in [-0.25, -0.2) is 13.1 Å². The van der Waals surface area contributed by atoms with Crippen LogP contribution in [0.25, 0.3) is 0 Å². The number of fused-ring (bicyclic) bond motifs is 1. The highest BCUT2D eigenvalue weighted by Gasteiger charge is 2.27. The van der Waals surface area contributed by atoms with Crippen molar-refractivity contribution in [3.8, 4) is 0 Å². The zero-order valence-electron chi connectivity index (χ0n) is 15.1. The Morgan fingerprint density at radius 2 is 1.92 bits per heavy atom. The van der Waals surface area contributed by atoms with E-state index in [1.165, 1.54) is 0 Å². The lowest BCUT2D eigenvalue weighted by molar-refractivity contribution is 0.0989. The van der Waals surface area contributed by atoms with Crippen LogP contribution in [0.4, 0.5) is 5.69 Å². The predicted octanol–water partition coefficient (Wildman–Crippen LogP) is 3.36. The van der Waals surface area contributed by atoms with E-state index in [2.05, 4.69) is 4.72 Å². The molecule has 6 heteroatoms. The molecule has 2 aromatic carbocycles. The maximum Gasteiger partial charge on any atom is 0.258 e. The molecule has 0 fully saturated rings. The first-order valence-corrected chi connectivity index (χ1v) is 10.4. The summed E-state index contributed by atoms with van der Waals surface area (Å²) in [5.74, 6) is -0.0605. The Kier molecular flexibility index (Phi) is 5.44. The SMILES string of the molecule is CCC[C@@H](C)NS(=O)(=O)c1ccc2c(c1)CCN2C(=O)c1ccccc1. The molecular weight excluding hydrogens is 348 g/mol. The summed E-state index contributed by atoms with van der Waals surface area (Å²) in [6.45, 7) is 4.46. The van der Waals surface area contributed by atoms with Gasteiger partial charge in [0, 0.05) is 23.8 Å². The summed E-state index contributed by atoms with van der Waals surface area (Å²) in [4.78, 5) is 14.7. The van der Waals surface area contributed by atoms with Gasteiger partial charge in [0.25, 0.3) is 5.91 Å². The number of hydrogen-bond acceptors (Lipinski definition) is 3. The van der Waals surface area contributed by atoms with Crippen molar-refractivity contribution in [2.24, 2.45) is 0 Å². The molecule has 0 aromatic heterocycles. The fraction of sp³-hybridized carbons (Fsp3) is 0.350. The minimum atomic E-state index is -3.55. The van der Waals surface area contributed by atoms with Gasteiger partial charge in [-0.3, -0.25) is 4.79 Å². The highest BCUT2D eigenvalue weighted by atomic mass is 32.2. The van der Waals surface area contributed by atoms with Crippen LogP contribution in [0.5, 0.6) is 0 Å². The predicted molar refractivity (Wildman–Crippen MR) is 103 cm³/mol. The van der Waals surface area contributed by atoms with Crippen molar-refractivity contribution < 1.29 is 13.2 Å². The van der Waals surface area contributed by atoms with Crippen molar-refractivity contribution in [2.75, 3.05) is 11.4 Å². The molecule has 1 aliphatic rings. The molecule has 1 aliphatic heterocycles. The Bertz CT molecular complexity index is 895. The smallest absolute Gasteiger partial charge is 0.258 e. The second-order valence-electron chi connectivity index (χ2n) is 6.67. The summed E-state index contributed by atoms with van der Waals surface area (Å²) in [7, 11) is -3.55. The third-order valence-corrected chi connectivity index (χ3v) is 6.19. The average molecular weight is 372 g/mol. The lowest BCUT2D eigenvalue weighted by Crippen LogP contribution is -2.32. The van der Waals surface area contributed by atoms with Gasteiger partial charge in [-0.05, 0) is 55.7 Å². The van der Waals surface area contributed by atoms with Crippen LogP contribution in [0.3, 0.4) is 0 Å². The number of hydrogen-bond donors (Lipinski definition) is 1. The van der Waals surface area contributed by atoms with Crippen molar-refractivity contribution in [3.63, 3.8) is 0 Å². The molecule has 1 amide bonds. The summed E-state index contributed by atoms with van der Waals surface area (Å²) in [6, 6.07) is 14.0. The normalized spacial score (nSPS) is 14.9. The second-order valence-corrected chi connectivity index (χ2v) is 8.39. The van der Waals surface area contributed by atoms with Gasteiger partial charge in [0.2, 0.25) is 10.0 Å². The van der Waals surface area contributed by atoms with Crippen molar-refractivity contribution in [2.45, 2.75) is 44.0 Å². The zero-order chi connectivity index (χ0) is 18.7. The molecule has 0 unspecified atom stereocenters. The number of sulfonamides is 1. The minimum absolute atomic E-state index is 0.0605. The van der Waals surface area contributed by atoms with Gasteiger partial charge in [-0.1, -0.05) is 31.5 Å². The Balaban J connectivity index is 1.83. The summed E-state index contributed by atoms with van der Waals surface area (Å²) in [6.07, 6.45) is 2.37. The summed E-state index contributed by atoms with van der Waals surface area (Å²) < 4.78 is 27.8. The number of carbonyl (C=O) groups is 1. The number of rotatable bonds is 6. The molecule has 0 spiro atoms. The molecule has 1 heterocycles. The Morgan fingerprint density at radius 3 is 2.62 bits per heavy atom. The first kappa shape index (κ1) is 18.6. The summed E-state index contributed by atoms with van der Waals surface area (Å²) >= 11 is 0. The Labute approximate surface area is 155 Å². The van der Waals surface area contributed by atoms with E-state index in [1.54, 1.807) is 35.2 Å². The van der Waals surface area contributed by atoms with Gasteiger partial charge in [-0.15, -0.1) is 0 Å². The molecular formula is C20H24N2O3S. The van der Waals surface area contributed by atoms with E-state index in [0.29, 0.717) is 18.5 Å². The van der Waals surface area contributed by atoms with Crippen LogP contribution in [0.2, 0.25) is 0 Å². The number of nitrogens with one attached hydrogen (secondary N) is 1. The first-order chi connectivity index (χ1) is 12.4. The van der Waals surface area contributed by atoms with Gasteiger partial charge >= 0.3 is 0 Å². The van der Waals surface area contributed by atoms with E-state index in [0.717, 1.165) is 24.1 Å². The molecule has 0 saturated heterocycles. The third-order valence-electron chi connectivity index (χ3n) is 4.60. The molecule has 3 rings (SSSR count). The number of nitrogens with zero attached hydrogens (tertiary/aromatic N) is 1. The van der Waals surface area contributed by atoms with E-state index in [-0.39, 0.29) is 16.8 Å². The Morgan fingerprint density at radius 1 is 1.19 bits per heavy atom. The summed E-state index contributed by atoms with van der Waals surface area (Å²) in [5, 5.41) is 0. The van der Waals surface area contributed by atoms with Gasteiger partial charge in [0.1, 0.15) is 0 Å². The molecule has 5 nitrogen and oxygen atoms in total. The van der Waals surface area contributed by atoms with Crippen LogP contribution >= 0.6 is 0 Å². The third kappa shape index (κ3) is 3.81. The van der Waals surface area contributed by atoms with Gasteiger partial charge < -0.3 is 4.90 Å². The quantitative estimate of drug-likeness (QED) is 0.845. The van der Waals surface area contributed by atoms with Crippen LogP contribution < -0.4 is 9.62 Å². The van der Waals surface area contributed by atoms with Crippen LogP contribution in [-0.4, -0.2) is 26.9 Å². The topological polar surface area (TPSA) is 66.5 Å². The maximum absolute atomic E-state index is 12.7. The highest BCUT2D eigenvalue weighted by Crippen LogP contribution is 2.31. The molecule has 0 aliphatic carbocycles. The van der Waals surface area contributed by atoms with Gasteiger partial charge in [0.05, 0.1) is 4.90 Å². The fourth-order valence-corrected chi connectivity index (χ4v) is 4.65. The van der Waals surface area contributed by atoms with Crippen LogP contribution in [-0.2, 0) is 16.4 Å². The van der Waals surface area contributed by atoms with Crippen LogP contribution in [0, 0.1) is 0 Å². The van der Waals surface area contributed by atoms with Crippen molar-refractivity contribution >= 4 is 21.6 Å². The number of anilines is 1. The molecule has 0 saturated carbocycles. The van der Waals surface area contributed by atoms with Crippen molar-refractivity contribution in [1.82, 2.24) is 4.72 Å². The molecule has 2 aromatic rings. The van der Waals surface area contributed by atoms with E-state index < -0.39 is 10.0 Å². The molecule has 26 heavy (non-hydrogen) atoms. The largest absolute Gasteiger partial charge is 0.308 e. The molecule has 1 atom stereocenters. The van der Waals surface area contributed by atoms with Crippen LogP contribution in [0.15, 0.2) is 53.4 Å². The fourth-order valence-electron chi connectivity index (χ4n) is 3.32. The van der Waals surface area contributed by atoms with E-state index >= 15 is 0 Å². The Hall–Kier alpha value is -2.18. The van der Waals surface area contributed by atoms with Crippen molar-refractivity contribution in [3.05, 3.63) is 59.7 Å². The standard InChI is InChI=1S/C20H24N2O3S/c1-3-7-15(2)21-26(24,25)18-10-11-19-17(14-18)12-13-22(19)20(23)16-8-5-4-6-9-16/h4-6,8-11,14-15,21H,3,7,12-13H2,1-2H3/t15-/m1/s1. The van der Waals surface area contributed by atoms with Crippen molar-refractivity contribution in [1.29, 1.82) is 0 Å². The lowest BCUT2D eigenvalue weighted by Gasteiger charge is -2.18. The van der Waals surface area contributed by atoms with E-state index in [9.17, 15) is 13.2 Å².